The number of hydrogen-bond acceptors (Lipinski definition) is 2. The number of benzene rings is 1. The molecule has 3 aromatic rings. The number of para-hydroxylation sites is 1. The van der Waals surface area contributed by atoms with Gasteiger partial charge in [-0.1, -0.05) is 18.2 Å². The molecule has 5 nitrogen and oxygen atoms in total. The van der Waals surface area contributed by atoms with Gasteiger partial charge in [-0.25, -0.2) is 4.79 Å². The molecule has 2 aromatic heterocycles. The van der Waals surface area contributed by atoms with Gasteiger partial charge in [0.1, 0.15) is 5.56 Å². The lowest BCUT2D eigenvalue weighted by molar-refractivity contribution is 0.0697. The van der Waals surface area contributed by atoms with Gasteiger partial charge >= 0.3 is 5.97 Å². The van der Waals surface area contributed by atoms with E-state index in [4.69, 9.17) is 0 Å². The number of carboxylic acid groups (broad SMARTS) is 1. The summed E-state index contributed by atoms with van der Waals surface area (Å²) in [6.07, 6.45) is 3.22. The molecule has 1 aromatic carbocycles. The van der Waals surface area contributed by atoms with Crippen molar-refractivity contribution in [1.29, 1.82) is 0 Å². The van der Waals surface area contributed by atoms with Crippen LogP contribution in [0.15, 0.2) is 30.6 Å². The second-order valence-corrected chi connectivity index (χ2v) is 4.54. The Morgan fingerprint density at radius 1 is 1.42 bits per heavy atom. The highest BCUT2D eigenvalue weighted by Crippen LogP contribution is 2.31. The lowest BCUT2D eigenvalue weighted by Gasteiger charge is -2.03. The number of nitrogens with one attached hydrogen (secondary N) is 1. The van der Waals surface area contributed by atoms with Gasteiger partial charge in [-0.15, -0.1) is 0 Å². The number of fused-ring (bicyclic) bond motifs is 1. The van der Waals surface area contributed by atoms with E-state index >= 15 is 0 Å². The summed E-state index contributed by atoms with van der Waals surface area (Å²) in [5, 5.41) is 14.3. The van der Waals surface area contributed by atoms with Gasteiger partial charge in [0.25, 0.3) is 0 Å². The van der Waals surface area contributed by atoms with E-state index in [1.807, 2.05) is 31.3 Å². The molecule has 0 bridgehead atoms. The van der Waals surface area contributed by atoms with Gasteiger partial charge in [0.05, 0.1) is 11.9 Å². The number of aryl methyl sites for hydroxylation is 2. The fourth-order valence-corrected chi connectivity index (χ4v) is 2.42. The molecule has 0 aliphatic rings. The summed E-state index contributed by atoms with van der Waals surface area (Å²) in [6.45, 7) is 2.02. The van der Waals surface area contributed by atoms with E-state index in [2.05, 4.69) is 10.1 Å². The summed E-state index contributed by atoms with van der Waals surface area (Å²) in [5.74, 6) is -0.967. The Balaban J connectivity index is 2.34. The lowest BCUT2D eigenvalue weighted by Crippen LogP contribution is -2.00. The first-order valence-corrected chi connectivity index (χ1v) is 5.92. The number of nitrogens with zero attached hydrogens (tertiary/aromatic N) is 2. The van der Waals surface area contributed by atoms with E-state index in [1.165, 1.54) is 6.20 Å². The number of H-pyrrole nitrogens is 1. The fourth-order valence-electron chi connectivity index (χ4n) is 2.42. The maximum Gasteiger partial charge on any atom is 0.339 e. The molecular formula is C14H13N3O2. The Kier molecular flexibility index (Phi) is 2.41. The van der Waals surface area contributed by atoms with Crippen molar-refractivity contribution in [2.75, 3.05) is 0 Å². The molecule has 0 saturated heterocycles. The Bertz CT molecular complexity index is 783. The first kappa shape index (κ1) is 11.5. The molecule has 0 saturated carbocycles. The molecule has 19 heavy (non-hydrogen) atoms. The monoisotopic (exact) mass is 255 g/mol. The molecule has 2 N–H and O–H groups in total. The van der Waals surface area contributed by atoms with Crippen molar-refractivity contribution >= 4 is 16.9 Å². The van der Waals surface area contributed by atoms with E-state index in [1.54, 1.807) is 11.7 Å². The molecule has 2 heterocycles. The Hall–Kier alpha value is -2.56. The van der Waals surface area contributed by atoms with Gasteiger partial charge in [-0.05, 0) is 12.5 Å². The first-order chi connectivity index (χ1) is 9.09. The third kappa shape index (κ3) is 1.62. The van der Waals surface area contributed by atoms with E-state index in [0.717, 1.165) is 22.0 Å². The number of aromatic nitrogens is 3. The van der Waals surface area contributed by atoms with Gasteiger partial charge in [-0.2, -0.15) is 5.10 Å². The first-order valence-electron chi connectivity index (χ1n) is 5.92. The Morgan fingerprint density at radius 3 is 2.95 bits per heavy atom. The third-order valence-electron chi connectivity index (χ3n) is 3.35. The SMILES string of the molecule is Cc1cccc2c(-c3c(C(=O)O)cnn3C)c[nH]c12. The largest absolute Gasteiger partial charge is 0.478 e. The van der Waals surface area contributed by atoms with Gasteiger partial charge in [0.15, 0.2) is 0 Å². The molecule has 5 heteroatoms. The average Bonchev–Trinajstić information content (AvgIpc) is 2.93. The van der Waals surface area contributed by atoms with Crippen LogP contribution in [0.3, 0.4) is 0 Å². The van der Waals surface area contributed by atoms with Crippen molar-refractivity contribution in [3.63, 3.8) is 0 Å². The van der Waals surface area contributed by atoms with E-state index in [9.17, 15) is 9.90 Å². The van der Waals surface area contributed by atoms with Crippen molar-refractivity contribution in [2.24, 2.45) is 7.05 Å². The number of aromatic carboxylic acids is 1. The zero-order valence-corrected chi connectivity index (χ0v) is 10.6. The van der Waals surface area contributed by atoms with E-state index in [0.29, 0.717) is 5.69 Å². The van der Waals surface area contributed by atoms with Crippen molar-refractivity contribution in [2.45, 2.75) is 6.92 Å². The Labute approximate surface area is 109 Å². The standard InChI is InChI=1S/C14H13N3O2/c1-8-4-3-5-9-10(6-15-12(8)9)13-11(14(18)19)7-16-17(13)2/h3-7,15H,1-2H3,(H,18,19). The minimum absolute atomic E-state index is 0.213. The number of rotatable bonds is 2. The van der Waals surface area contributed by atoms with Crippen molar-refractivity contribution < 1.29 is 9.90 Å². The van der Waals surface area contributed by atoms with Crippen LogP contribution in [-0.2, 0) is 7.05 Å². The van der Waals surface area contributed by atoms with Crippen LogP contribution >= 0.6 is 0 Å². The number of carbonyl (C=O) groups is 1. The average molecular weight is 255 g/mol. The van der Waals surface area contributed by atoms with Crippen LogP contribution in [-0.4, -0.2) is 25.8 Å². The molecule has 0 amide bonds. The predicted octanol–water partition coefficient (Wildman–Crippen LogP) is 2.58. The third-order valence-corrected chi connectivity index (χ3v) is 3.35. The summed E-state index contributed by atoms with van der Waals surface area (Å²) < 4.78 is 1.59. The highest BCUT2D eigenvalue weighted by atomic mass is 16.4. The maximum absolute atomic E-state index is 11.3. The van der Waals surface area contributed by atoms with E-state index in [-0.39, 0.29) is 5.56 Å². The quantitative estimate of drug-likeness (QED) is 0.739. The smallest absolute Gasteiger partial charge is 0.339 e. The minimum atomic E-state index is -0.967. The number of aromatic amines is 1. The molecule has 0 spiro atoms. The molecule has 0 atom stereocenters. The van der Waals surface area contributed by atoms with Crippen LogP contribution in [0.2, 0.25) is 0 Å². The fraction of sp³-hybridized carbons (Fsp3) is 0.143. The zero-order chi connectivity index (χ0) is 13.6. The minimum Gasteiger partial charge on any atom is -0.478 e. The van der Waals surface area contributed by atoms with Crippen LogP contribution in [0.1, 0.15) is 15.9 Å². The summed E-state index contributed by atoms with van der Waals surface area (Å²) >= 11 is 0. The molecule has 3 rings (SSSR count). The summed E-state index contributed by atoms with van der Waals surface area (Å²) in [7, 11) is 1.75. The summed E-state index contributed by atoms with van der Waals surface area (Å²) in [6, 6.07) is 5.96. The molecule has 0 aliphatic carbocycles. The van der Waals surface area contributed by atoms with Gasteiger partial charge < -0.3 is 10.1 Å². The van der Waals surface area contributed by atoms with Crippen LogP contribution in [0.5, 0.6) is 0 Å². The zero-order valence-electron chi connectivity index (χ0n) is 10.6. The van der Waals surface area contributed by atoms with Gasteiger partial charge in [-0.3, -0.25) is 4.68 Å². The van der Waals surface area contributed by atoms with Crippen molar-refractivity contribution in [3.05, 3.63) is 41.7 Å². The molecule has 96 valence electrons. The van der Waals surface area contributed by atoms with Crippen LogP contribution < -0.4 is 0 Å². The van der Waals surface area contributed by atoms with Gasteiger partial charge in [0, 0.05) is 29.7 Å². The Morgan fingerprint density at radius 2 is 2.21 bits per heavy atom. The number of hydrogen-bond donors (Lipinski definition) is 2. The van der Waals surface area contributed by atoms with Crippen LogP contribution in [0, 0.1) is 6.92 Å². The van der Waals surface area contributed by atoms with Crippen LogP contribution in [0.4, 0.5) is 0 Å². The van der Waals surface area contributed by atoms with Crippen molar-refractivity contribution in [1.82, 2.24) is 14.8 Å². The molecule has 0 aliphatic heterocycles. The highest BCUT2D eigenvalue weighted by molar-refractivity contribution is 6.02. The van der Waals surface area contributed by atoms with Crippen molar-refractivity contribution in [3.8, 4) is 11.3 Å². The second-order valence-electron chi connectivity index (χ2n) is 4.54. The maximum atomic E-state index is 11.3. The van der Waals surface area contributed by atoms with Crippen LogP contribution in [0.25, 0.3) is 22.2 Å². The van der Waals surface area contributed by atoms with E-state index < -0.39 is 5.97 Å². The molecule has 0 radical (unpaired) electrons. The molecule has 0 unspecified atom stereocenters. The highest BCUT2D eigenvalue weighted by Gasteiger charge is 2.19. The summed E-state index contributed by atoms with van der Waals surface area (Å²) in [4.78, 5) is 14.5. The molecular weight excluding hydrogens is 242 g/mol. The predicted molar refractivity (Wildman–Crippen MR) is 72.2 cm³/mol. The normalized spacial score (nSPS) is 11.1. The number of carboxylic acids is 1. The second kappa shape index (κ2) is 3.98. The summed E-state index contributed by atoms with van der Waals surface area (Å²) in [5.41, 5.74) is 3.84. The topological polar surface area (TPSA) is 70.9 Å². The van der Waals surface area contributed by atoms with Gasteiger partial charge in [0.2, 0.25) is 0 Å². The molecule has 0 fully saturated rings. The lowest BCUT2D eigenvalue weighted by atomic mass is 10.1.